The van der Waals surface area contributed by atoms with Crippen LogP contribution in [0.3, 0.4) is 0 Å². The lowest BCUT2D eigenvalue weighted by Crippen LogP contribution is -2.48. The average Bonchev–Trinajstić information content (AvgIpc) is 2.72. The summed E-state index contributed by atoms with van der Waals surface area (Å²) in [4.78, 5) is 35.6. The van der Waals surface area contributed by atoms with E-state index in [2.05, 4.69) is 0 Å². The average molecular weight is 424 g/mol. The number of nitrogens with zero attached hydrogens (tertiary/aromatic N) is 4. The van der Waals surface area contributed by atoms with Gasteiger partial charge >= 0.3 is 6.18 Å². The second-order valence-electron chi connectivity index (χ2n) is 6.54. The zero-order valence-corrected chi connectivity index (χ0v) is 15.3. The highest BCUT2D eigenvalue weighted by Gasteiger charge is 2.39. The van der Waals surface area contributed by atoms with Gasteiger partial charge in [-0.05, 0) is 24.3 Å². The Kier molecular flexibility index (Phi) is 5.58. The van der Waals surface area contributed by atoms with Crippen LogP contribution in [-0.4, -0.2) is 46.8 Å². The van der Waals surface area contributed by atoms with Crippen LogP contribution in [0, 0.1) is 20.2 Å². The molecular formula is C18H15F3N4O5. The van der Waals surface area contributed by atoms with Crippen LogP contribution in [-0.2, 0) is 6.18 Å². The van der Waals surface area contributed by atoms with Crippen molar-refractivity contribution in [2.45, 2.75) is 6.18 Å². The number of nitro benzene ring substituents is 2. The van der Waals surface area contributed by atoms with Crippen LogP contribution < -0.4 is 4.90 Å². The van der Waals surface area contributed by atoms with Gasteiger partial charge in [-0.25, -0.2) is 0 Å². The first-order valence-corrected chi connectivity index (χ1v) is 8.72. The molecule has 0 radical (unpaired) electrons. The summed E-state index contributed by atoms with van der Waals surface area (Å²) in [6, 6.07) is 7.95. The van der Waals surface area contributed by atoms with E-state index in [0.29, 0.717) is 0 Å². The van der Waals surface area contributed by atoms with Gasteiger partial charge in [-0.15, -0.1) is 0 Å². The molecule has 0 aliphatic carbocycles. The van der Waals surface area contributed by atoms with Gasteiger partial charge in [0.05, 0.1) is 9.85 Å². The Labute approximate surface area is 167 Å². The number of halogens is 3. The highest BCUT2D eigenvalue weighted by atomic mass is 19.4. The molecule has 0 bridgehead atoms. The SMILES string of the molecule is O=C(c1ccc([N+](=O)[O-])cc1)N1CCN(c2ccc([N+](=O)[O-])c(C(F)(F)F)c2)CC1. The molecule has 2 aromatic rings. The van der Waals surface area contributed by atoms with E-state index in [1.54, 1.807) is 4.90 Å². The minimum Gasteiger partial charge on any atom is -0.368 e. The number of amides is 1. The number of benzene rings is 2. The van der Waals surface area contributed by atoms with Crippen LogP contribution >= 0.6 is 0 Å². The minimum absolute atomic E-state index is 0.144. The molecule has 0 spiro atoms. The lowest BCUT2D eigenvalue weighted by atomic mass is 10.1. The van der Waals surface area contributed by atoms with Crippen LogP contribution in [0.15, 0.2) is 42.5 Å². The number of hydrogen-bond acceptors (Lipinski definition) is 6. The van der Waals surface area contributed by atoms with Gasteiger partial charge in [0.25, 0.3) is 17.3 Å². The van der Waals surface area contributed by atoms with E-state index in [9.17, 15) is 38.2 Å². The maximum absolute atomic E-state index is 13.2. The zero-order valence-electron chi connectivity index (χ0n) is 15.3. The van der Waals surface area contributed by atoms with Crippen molar-refractivity contribution in [3.05, 3.63) is 73.8 Å². The fourth-order valence-corrected chi connectivity index (χ4v) is 3.18. The van der Waals surface area contributed by atoms with Gasteiger partial charge in [0, 0.05) is 55.6 Å². The molecular weight excluding hydrogens is 409 g/mol. The predicted molar refractivity (Wildman–Crippen MR) is 99.3 cm³/mol. The van der Waals surface area contributed by atoms with E-state index in [-0.39, 0.29) is 49.0 Å². The van der Waals surface area contributed by atoms with E-state index in [1.165, 1.54) is 35.2 Å². The largest absolute Gasteiger partial charge is 0.423 e. The molecule has 1 heterocycles. The lowest BCUT2D eigenvalue weighted by Gasteiger charge is -2.36. The molecule has 1 amide bonds. The first kappa shape index (κ1) is 21.0. The molecule has 158 valence electrons. The maximum Gasteiger partial charge on any atom is 0.423 e. The fourth-order valence-electron chi connectivity index (χ4n) is 3.18. The summed E-state index contributed by atoms with van der Waals surface area (Å²) in [7, 11) is 0. The number of anilines is 1. The minimum atomic E-state index is -4.87. The number of nitro groups is 2. The van der Waals surface area contributed by atoms with Crippen molar-refractivity contribution in [1.29, 1.82) is 0 Å². The Morgan fingerprint density at radius 2 is 1.50 bits per heavy atom. The Balaban J connectivity index is 1.71. The number of non-ortho nitro benzene ring substituents is 1. The van der Waals surface area contributed by atoms with Crippen molar-refractivity contribution in [1.82, 2.24) is 4.90 Å². The smallest absolute Gasteiger partial charge is 0.368 e. The van der Waals surface area contributed by atoms with Crippen LogP contribution in [0.1, 0.15) is 15.9 Å². The first-order chi connectivity index (χ1) is 14.1. The molecule has 3 rings (SSSR count). The Bertz CT molecular complexity index is 986. The Morgan fingerprint density at radius 3 is 2.00 bits per heavy atom. The highest BCUT2D eigenvalue weighted by molar-refractivity contribution is 5.94. The number of alkyl halides is 3. The van der Waals surface area contributed by atoms with Gasteiger partial charge in [0.2, 0.25) is 0 Å². The number of hydrogen-bond donors (Lipinski definition) is 0. The monoisotopic (exact) mass is 424 g/mol. The molecule has 9 nitrogen and oxygen atoms in total. The van der Waals surface area contributed by atoms with Gasteiger partial charge in [-0.3, -0.25) is 25.0 Å². The zero-order chi connectivity index (χ0) is 22.1. The summed E-state index contributed by atoms with van der Waals surface area (Å²) in [6.45, 7) is 0.893. The third-order valence-corrected chi connectivity index (χ3v) is 4.74. The van der Waals surface area contributed by atoms with Crippen molar-refractivity contribution >= 4 is 23.0 Å². The first-order valence-electron chi connectivity index (χ1n) is 8.72. The maximum atomic E-state index is 13.2. The Hall–Kier alpha value is -3.70. The van der Waals surface area contributed by atoms with Crippen LogP contribution in [0.4, 0.5) is 30.2 Å². The molecule has 1 aliphatic rings. The molecule has 0 N–H and O–H groups in total. The fraction of sp³-hybridized carbons (Fsp3) is 0.278. The molecule has 0 atom stereocenters. The third kappa shape index (κ3) is 4.31. The van der Waals surface area contributed by atoms with Crippen molar-refractivity contribution in [2.24, 2.45) is 0 Å². The summed E-state index contributed by atoms with van der Waals surface area (Å²) in [5.41, 5.74) is -2.04. The summed E-state index contributed by atoms with van der Waals surface area (Å²) in [5.74, 6) is -0.343. The van der Waals surface area contributed by atoms with E-state index >= 15 is 0 Å². The Morgan fingerprint density at radius 1 is 0.900 bits per heavy atom. The molecule has 1 aliphatic heterocycles. The molecule has 0 saturated carbocycles. The second kappa shape index (κ2) is 7.97. The van der Waals surface area contributed by atoms with Crippen molar-refractivity contribution in [2.75, 3.05) is 31.1 Å². The number of piperazine rings is 1. The van der Waals surface area contributed by atoms with E-state index in [0.717, 1.165) is 12.1 Å². The standard InChI is InChI=1S/C18H15F3N4O5/c19-18(20,21)15-11-14(5-6-16(15)25(29)30)22-7-9-23(10-8-22)17(26)12-1-3-13(4-2-12)24(27)28/h1-6,11H,7-10H2. The van der Waals surface area contributed by atoms with Crippen LogP contribution in [0.25, 0.3) is 0 Å². The van der Waals surface area contributed by atoms with Gasteiger partial charge in [0.15, 0.2) is 0 Å². The molecule has 2 aromatic carbocycles. The second-order valence-corrected chi connectivity index (χ2v) is 6.54. The van der Waals surface area contributed by atoms with Gasteiger partial charge in [0.1, 0.15) is 5.56 Å². The van der Waals surface area contributed by atoms with E-state index in [4.69, 9.17) is 0 Å². The molecule has 0 aromatic heterocycles. The highest BCUT2D eigenvalue weighted by Crippen LogP contribution is 2.38. The summed E-state index contributed by atoms with van der Waals surface area (Å²) >= 11 is 0. The van der Waals surface area contributed by atoms with Gasteiger partial charge < -0.3 is 9.80 Å². The van der Waals surface area contributed by atoms with Gasteiger partial charge in [-0.2, -0.15) is 13.2 Å². The molecule has 30 heavy (non-hydrogen) atoms. The topological polar surface area (TPSA) is 110 Å². The van der Waals surface area contributed by atoms with Crippen LogP contribution in [0.2, 0.25) is 0 Å². The number of rotatable bonds is 4. The quantitative estimate of drug-likeness (QED) is 0.549. The normalized spacial score (nSPS) is 14.5. The third-order valence-electron chi connectivity index (χ3n) is 4.74. The summed E-state index contributed by atoms with van der Waals surface area (Å²) in [6.07, 6.45) is -4.87. The van der Waals surface area contributed by atoms with Crippen molar-refractivity contribution in [3.63, 3.8) is 0 Å². The lowest BCUT2D eigenvalue weighted by molar-refractivity contribution is -0.388. The van der Waals surface area contributed by atoms with E-state index < -0.39 is 27.3 Å². The molecule has 1 fully saturated rings. The van der Waals surface area contributed by atoms with Crippen molar-refractivity contribution in [3.8, 4) is 0 Å². The van der Waals surface area contributed by atoms with Crippen molar-refractivity contribution < 1.29 is 27.8 Å². The molecule has 1 saturated heterocycles. The summed E-state index contributed by atoms with van der Waals surface area (Å²) < 4.78 is 39.5. The molecule has 0 unspecified atom stereocenters. The predicted octanol–water partition coefficient (Wildman–Crippen LogP) is 3.48. The number of carbonyl (C=O) groups is 1. The van der Waals surface area contributed by atoms with Crippen LogP contribution in [0.5, 0.6) is 0 Å². The molecule has 12 heteroatoms. The number of carbonyl (C=O) groups excluding carboxylic acids is 1. The summed E-state index contributed by atoms with van der Waals surface area (Å²) in [5, 5.41) is 21.6. The van der Waals surface area contributed by atoms with E-state index in [1.807, 2.05) is 0 Å². The van der Waals surface area contributed by atoms with Gasteiger partial charge in [-0.1, -0.05) is 0 Å².